The Morgan fingerprint density at radius 1 is 1.56 bits per heavy atom. The van der Waals surface area contributed by atoms with E-state index in [2.05, 4.69) is 17.2 Å². The number of hydrogen-bond donors (Lipinski definition) is 1. The first-order valence-electron chi connectivity index (χ1n) is 2.89. The normalized spacial score (nSPS) is 9.00. The summed E-state index contributed by atoms with van der Waals surface area (Å²) in [5.41, 5.74) is 0. The lowest BCUT2D eigenvalue weighted by Gasteiger charge is -1.96. The molecule has 3 nitrogen and oxygen atoms in total. The minimum atomic E-state index is 0.653. The van der Waals surface area contributed by atoms with E-state index in [1.807, 2.05) is 0 Å². The number of hydrogen-bond acceptors (Lipinski definition) is 2. The monoisotopic (exact) mass is 129 g/mol. The summed E-state index contributed by atoms with van der Waals surface area (Å²) in [6, 6.07) is 0. The summed E-state index contributed by atoms with van der Waals surface area (Å²) >= 11 is 0. The molecule has 2 radical (unpaired) electrons. The molecule has 0 saturated heterocycles. The predicted molar refractivity (Wildman–Crippen MR) is 34.2 cm³/mol. The molecule has 1 amide bonds. The first-order valence-corrected chi connectivity index (χ1v) is 2.89. The molecule has 3 heteroatoms. The van der Waals surface area contributed by atoms with Crippen LogP contribution in [0, 0.1) is 7.11 Å². The Hall–Kier alpha value is -0.570. The van der Waals surface area contributed by atoms with Crippen LogP contribution in [-0.4, -0.2) is 19.6 Å². The molecule has 0 fully saturated rings. The lowest BCUT2D eigenvalue weighted by atomic mass is 10.3. The molecule has 0 aliphatic heterocycles. The maximum Gasteiger partial charge on any atom is 0.309 e. The third-order valence-corrected chi connectivity index (χ3v) is 0.913. The van der Waals surface area contributed by atoms with E-state index in [9.17, 15) is 4.79 Å². The molecule has 0 unspecified atom stereocenters. The van der Waals surface area contributed by atoms with Crippen LogP contribution in [0.2, 0.25) is 0 Å². The topological polar surface area (TPSA) is 38.3 Å². The van der Waals surface area contributed by atoms with E-state index in [0.717, 1.165) is 12.8 Å². The van der Waals surface area contributed by atoms with Crippen molar-refractivity contribution < 1.29 is 9.53 Å². The van der Waals surface area contributed by atoms with Crippen LogP contribution in [0.1, 0.15) is 12.8 Å². The number of nitrogens with one attached hydrogen (secondary N) is 1. The van der Waals surface area contributed by atoms with Gasteiger partial charge in [0.05, 0.1) is 7.11 Å². The smallest absolute Gasteiger partial charge is 0.309 e. The molecule has 0 aliphatic rings. The molecule has 0 spiro atoms. The first kappa shape index (κ1) is 8.43. The summed E-state index contributed by atoms with van der Waals surface area (Å²) in [6.45, 7) is 1.33. The highest BCUT2D eigenvalue weighted by Crippen LogP contribution is 1.85. The van der Waals surface area contributed by atoms with Gasteiger partial charge in [-0.05, 0) is 12.8 Å². The summed E-state index contributed by atoms with van der Waals surface area (Å²) in [5.74, 6) is 0. The third kappa shape index (κ3) is 7.43. The molecule has 0 aliphatic carbocycles. The molecule has 0 atom stereocenters. The fraction of sp³-hybridized carbons (Fsp3) is 0.667. The molecular formula is C6H11NO2. The van der Waals surface area contributed by atoms with E-state index in [-0.39, 0.29) is 0 Å². The van der Waals surface area contributed by atoms with E-state index >= 15 is 0 Å². The molecule has 9 heavy (non-hydrogen) atoms. The van der Waals surface area contributed by atoms with Crippen LogP contribution >= 0.6 is 0 Å². The SMILES string of the molecule is [CH2]OCCCCN[C]=O. The highest BCUT2D eigenvalue weighted by atomic mass is 16.5. The van der Waals surface area contributed by atoms with Crippen molar-refractivity contribution in [1.29, 1.82) is 0 Å². The standard InChI is InChI=1S/C6H11NO2/c1-9-5-3-2-4-7-6-8/h1-5H2,(H,7,8). The van der Waals surface area contributed by atoms with Gasteiger partial charge >= 0.3 is 6.41 Å². The van der Waals surface area contributed by atoms with Crippen LogP contribution in [-0.2, 0) is 9.53 Å². The van der Waals surface area contributed by atoms with Crippen molar-refractivity contribution >= 4 is 6.41 Å². The van der Waals surface area contributed by atoms with Gasteiger partial charge in [-0.2, -0.15) is 0 Å². The van der Waals surface area contributed by atoms with Crippen LogP contribution < -0.4 is 5.32 Å². The van der Waals surface area contributed by atoms with Crippen LogP contribution in [0.3, 0.4) is 0 Å². The van der Waals surface area contributed by atoms with Gasteiger partial charge < -0.3 is 10.1 Å². The van der Waals surface area contributed by atoms with E-state index in [0.29, 0.717) is 13.2 Å². The highest BCUT2D eigenvalue weighted by molar-refractivity contribution is 5.46. The van der Waals surface area contributed by atoms with Crippen molar-refractivity contribution in [2.24, 2.45) is 0 Å². The predicted octanol–water partition coefficient (Wildman–Crippen LogP) is 0.232. The molecule has 0 rings (SSSR count). The van der Waals surface area contributed by atoms with Crippen LogP contribution in [0.5, 0.6) is 0 Å². The zero-order valence-electron chi connectivity index (χ0n) is 5.35. The van der Waals surface area contributed by atoms with Gasteiger partial charge in [0.25, 0.3) is 0 Å². The first-order chi connectivity index (χ1) is 4.41. The third-order valence-electron chi connectivity index (χ3n) is 0.913. The zero-order valence-corrected chi connectivity index (χ0v) is 5.35. The number of rotatable bonds is 6. The highest BCUT2D eigenvalue weighted by Gasteiger charge is 1.84. The Labute approximate surface area is 55.4 Å². The second-order valence-electron chi connectivity index (χ2n) is 1.64. The van der Waals surface area contributed by atoms with Crippen LogP contribution in [0.15, 0.2) is 0 Å². The molecule has 0 aromatic carbocycles. The molecule has 0 aromatic heterocycles. The number of unbranched alkanes of at least 4 members (excludes halogenated alkanes) is 1. The second-order valence-corrected chi connectivity index (χ2v) is 1.64. The summed E-state index contributed by atoms with van der Waals surface area (Å²) in [6.07, 6.45) is 3.44. The fourth-order valence-electron chi connectivity index (χ4n) is 0.469. The van der Waals surface area contributed by atoms with Gasteiger partial charge in [-0.3, -0.25) is 4.79 Å². The van der Waals surface area contributed by atoms with E-state index in [1.54, 1.807) is 6.41 Å². The van der Waals surface area contributed by atoms with E-state index in [4.69, 9.17) is 0 Å². The molecule has 0 aromatic rings. The summed E-state index contributed by atoms with van der Waals surface area (Å²) in [7, 11) is 3.21. The number of ether oxygens (including phenoxy) is 1. The van der Waals surface area contributed by atoms with Crippen molar-refractivity contribution in [3.8, 4) is 0 Å². The van der Waals surface area contributed by atoms with E-state index in [1.165, 1.54) is 0 Å². The maximum atomic E-state index is 9.56. The molecule has 0 saturated carbocycles. The minimum absolute atomic E-state index is 0.653. The summed E-state index contributed by atoms with van der Waals surface area (Å²) < 4.78 is 4.55. The Bertz CT molecular complexity index is 66.1. The van der Waals surface area contributed by atoms with Gasteiger partial charge in [-0.1, -0.05) is 0 Å². The number of carbonyl (C=O) groups excluding carboxylic acids is 1. The van der Waals surface area contributed by atoms with Gasteiger partial charge in [0.15, 0.2) is 0 Å². The average Bonchev–Trinajstić information content (AvgIpc) is 1.89. The molecule has 0 heterocycles. The van der Waals surface area contributed by atoms with Crippen LogP contribution in [0.4, 0.5) is 0 Å². The van der Waals surface area contributed by atoms with Gasteiger partial charge in [0.2, 0.25) is 0 Å². The van der Waals surface area contributed by atoms with Crippen LogP contribution in [0.25, 0.3) is 0 Å². The van der Waals surface area contributed by atoms with E-state index < -0.39 is 0 Å². The lowest BCUT2D eigenvalue weighted by molar-refractivity contribution is 0.235. The minimum Gasteiger partial charge on any atom is -0.379 e. The average molecular weight is 129 g/mol. The Balaban J connectivity index is 2.66. The van der Waals surface area contributed by atoms with Gasteiger partial charge in [-0.15, -0.1) is 0 Å². The maximum absolute atomic E-state index is 9.56. The van der Waals surface area contributed by atoms with Gasteiger partial charge in [0, 0.05) is 13.2 Å². The lowest BCUT2D eigenvalue weighted by Crippen LogP contribution is -2.12. The largest absolute Gasteiger partial charge is 0.379 e. The quantitative estimate of drug-likeness (QED) is 0.412. The number of amides is 1. The Kier molecular flexibility index (Phi) is 6.96. The van der Waals surface area contributed by atoms with Gasteiger partial charge in [0.1, 0.15) is 0 Å². The Morgan fingerprint density at radius 2 is 2.33 bits per heavy atom. The van der Waals surface area contributed by atoms with Crippen molar-refractivity contribution in [2.75, 3.05) is 13.2 Å². The van der Waals surface area contributed by atoms with Gasteiger partial charge in [-0.25, -0.2) is 0 Å². The fourth-order valence-corrected chi connectivity index (χ4v) is 0.469. The summed E-state index contributed by atoms with van der Waals surface area (Å²) in [5, 5.41) is 2.43. The summed E-state index contributed by atoms with van der Waals surface area (Å²) in [4.78, 5) is 9.56. The molecule has 52 valence electrons. The second kappa shape index (κ2) is 7.43. The zero-order chi connectivity index (χ0) is 6.95. The van der Waals surface area contributed by atoms with Crippen molar-refractivity contribution in [1.82, 2.24) is 5.32 Å². The van der Waals surface area contributed by atoms with Crippen molar-refractivity contribution in [2.45, 2.75) is 12.8 Å². The molecule has 0 bridgehead atoms. The van der Waals surface area contributed by atoms with Crippen molar-refractivity contribution in [3.63, 3.8) is 0 Å². The molecule has 1 N–H and O–H groups in total. The molecular weight excluding hydrogens is 118 g/mol. The van der Waals surface area contributed by atoms with Crippen molar-refractivity contribution in [3.05, 3.63) is 7.11 Å². The Morgan fingerprint density at radius 3 is 2.89 bits per heavy atom.